The van der Waals surface area contributed by atoms with Gasteiger partial charge < -0.3 is 9.73 Å². The van der Waals surface area contributed by atoms with Crippen molar-refractivity contribution in [3.05, 3.63) is 39.4 Å². The average Bonchev–Trinajstić information content (AvgIpc) is 2.93. The molecule has 0 atom stereocenters. The molecule has 0 aromatic carbocycles. The van der Waals surface area contributed by atoms with Crippen LogP contribution in [0.5, 0.6) is 0 Å². The molecule has 0 unspecified atom stereocenters. The van der Waals surface area contributed by atoms with Gasteiger partial charge in [0.2, 0.25) is 0 Å². The maximum absolute atomic E-state index is 11.6. The molecule has 0 saturated heterocycles. The largest absolute Gasteiger partial charge is 0.444 e. The molecule has 96 valence electrons. The maximum Gasteiger partial charge on any atom is 0.287 e. The zero-order valence-electron chi connectivity index (χ0n) is 9.40. The minimum absolute atomic E-state index is 0.206. The Kier molecular flexibility index (Phi) is 4.60. The fourth-order valence-electron chi connectivity index (χ4n) is 1.43. The van der Waals surface area contributed by atoms with Gasteiger partial charge in [0.25, 0.3) is 5.91 Å². The molecule has 0 aliphatic heterocycles. The number of rotatable bonds is 5. The third-order valence-corrected chi connectivity index (χ3v) is 3.08. The zero-order valence-corrected chi connectivity index (χ0v) is 12.6. The number of carbonyl (C=O) groups is 1. The van der Waals surface area contributed by atoms with Crippen LogP contribution in [-0.4, -0.2) is 22.2 Å². The second-order valence-electron chi connectivity index (χ2n) is 3.63. The standard InChI is InChI=1S/C11H11Br2N3O2/c12-8-6-15-16(7-8)5-1-4-14-11(17)9-2-3-10(13)18-9/h2-3,6-7H,1,4-5H2,(H,14,17). The lowest BCUT2D eigenvalue weighted by molar-refractivity contribution is 0.0923. The fourth-order valence-corrected chi connectivity index (χ4v) is 2.06. The zero-order chi connectivity index (χ0) is 13.0. The van der Waals surface area contributed by atoms with E-state index in [9.17, 15) is 4.79 Å². The van der Waals surface area contributed by atoms with Crippen molar-refractivity contribution < 1.29 is 9.21 Å². The molecule has 0 aliphatic carbocycles. The van der Waals surface area contributed by atoms with E-state index in [1.54, 1.807) is 18.3 Å². The Labute approximate surface area is 121 Å². The third kappa shape index (κ3) is 3.71. The van der Waals surface area contributed by atoms with E-state index in [-0.39, 0.29) is 5.91 Å². The highest BCUT2D eigenvalue weighted by atomic mass is 79.9. The van der Waals surface area contributed by atoms with Gasteiger partial charge in [-0.1, -0.05) is 0 Å². The molecular formula is C11H11Br2N3O2. The second kappa shape index (κ2) is 6.19. The summed E-state index contributed by atoms with van der Waals surface area (Å²) in [6.07, 6.45) is 4.44. The number of nitrogens with one attached hydrogen (secondary N) is 1. The summed E-state index contributed by atoms with van der Waals surface area (Å²) in [5.41, 5.74) is 0. The number of hydrogen-bond donors (Lipinski definition) is 1. The Morgan fingerprint density at radius 2 is 2.28 bits per heavy atom. The van der Waals surface area contributed by atoms with Crippen LogP contribution in [0, 0.1) is 0 Å². The second-order valence-corrected chi connectivity index (χ2v) is 5.33. The Balaban J connectivity index is 1.71. The van der Waals surface area contributed by atoms with Gasteiger partial charge in [-0.3, -0.25) is 9.48 Å². The molecule has 2 aromatic rings. The van der Waals surface area contributed by atoms with Crippen LogP contribution in [0.4, 0.5) is 0 Å². The summed E-state index contributed by atoms with van der Waals surface area (Å²) in [5, 5.41) is 6.91. The minimum atomic E-state index is -0.206. The van der Waals surface area contributed by atoms with Gasteiger partial charge >= 0.3 is 0 Å². The van der Waals surface area contributed by atoms with Crippen LogP contribution in [0.2, 0.25) is 0 Å². The SMILES string of the molecule is O=C(NCCCn1cc(Br)cn1)c1ccc(Br)o1. The fraction of sp³-hybridized carbons (Fsp3) is 0.273. The predicted octanol–water partition coefficient (Wildman–Crippen LogP) is 2.82. The van der Waals surface area contributed by atoms with Crippen molar-refractivity contribution in [3.63, 3.8) is 0 Å². The molecule has 0 fully saturated rings. The molecule has 2 heterocycles. The van der Waals surface area contributed by atoms with Crippen LogP contribution >= 0.6 is 31.9 Å². The van der Waals surface area contributed by atoms with Crippen molar-refractivity contribution in [1.29, 1.82) is 0 Å². The van der Waals surface area contributed by atoms with Gasteiger partial charge in [0, 0.05) is 19.3 Å². The van der Waals surface area contributed by atoms with Crippen LogP contribution in [-0.2, 0) is 6.54 Å². The number of halogens is 2. The maximum atomic E-state index is 11.6. The van der Waals surface area contributed by atoms with Crippen molar-refractivity contribution in [2.45, 2.75) is 13.0 Å². The lowest BCUT2D eigenvalue weighted by Crippen LogP contribution is -2.24. The summed E-state index contributed by atoms with van der Waals surface area (Å²) in [4.78, 5) is 11.6. The van der Waals surface area contributed by atoms with Crippen molar-refractivity contribution in [2.24, 2.45) is 0 Å². The van der Waals surface area contributed by atoms with Crippen LogP contribution < -0.4 is 5.32 Å². The Morgan fingerprint density at radius 3 is 2.89 bits per heavy atom. The van der Waals surface area contributed by atoms with Gasteiger partial charge in [0.1, 0.15) is 0 Å². The normalized spacial score (nSPS) is 10.6. The highest BCUT2D eigenvalue weighted by Gasteiger charge is 2.09. The van der Waals surface area contributed by atoms with Crippen molar-refractivity contribution >= 4 is 37.8 Å². The van der Waals surface area contributed by atoms with Gasteiger partial charge in [0.05, 0.1) is 10.7 Å². The molecule has 0 aliphatic rings. The van der Waals surface area contributed by atoms with E-state index < -0.39 is 0 Å². The summed E-state index contributed by atoms with van der Waals surface area (Å²) >= 11 is 6.48. The summed E-state index contributed by atoms with van der Waals surface area (Å²) in [7, 11) is 0. The first-order chi connectivity index (χ1) is 8.65. The van der Waals surface area contributed by atoms with Crippen molar-refractivity contribution in [2.75, 3.05) is 6.54 Å². The van der Waals surface area contributed by atoms with E-state index in [4.69, 9.17) is 4.42 Å². The van der Waals surface area contributed by atoms with Gasteiger partial charge in [-0.25, -0.2) is 0 Å². The van der Waals surface area contributed by atoms with Crippen LogP contribution in [0.3, 0.4) is 0 Å². The van der Waals surface area contributed by atoms with E-state index in [0.29, 0.717) is 17.0 Å². The highest BCUT2D eigenvalue weighted by Crippen LogP contribution is 2.13. The van der Waals surface area contributed by atoms with E-state index in [1.807, 2.05) is 10.9 Å². The Morgan fingerprint density at radius 1 is 1.44 bits per heavy atom. The first kappa shape index (κ1) is 13.4. The lowest BCUT2D eigenvalue weighted by Gasteiger charge is -2.03. The molecule has 7 heteroatoms. The molecule has 0 spiro atoms. The molecule has 18 heavy (non-hydrogen) atoms. The number of carbonyl (C=O) groups excluding carboxylic acids is 1. The molecule has 0 saturated carbocycles. The molecule has 2 rings (SSSR count). The monoisotopic (exact) mass is 375 g/mol. The Bertz CT molecular complexity index is 536. The quantitative estimate of drug-likeness (QED) is 0.816. The summed E-state index contributed by atoms with van der Waals surface area (Å²) in [6, 6.07) is 3.32. The van der Waals surface area contributed by atoms with Crippen LogP contribution in [0.15, 0.2) is 38.1 Å². The van der Waals surface area contributed by atoms with Crippen molar-refractivity contribution in [3.8, 4) is 0 Å². The van der Waals surface area contributed by atoms with Crippen LogP contribution in [0.1, 0.15) is 17.0 Å². The summed E-state index contributed by atoms with van der Waals surface area (Å²) in [6.45, 7) is 1.34. The molecule has 1 N–H and O–H groups in total. The highest BCUT2D eigenvalue weighted by molar-refractivity contribution is 9.10. The molecule has 0 radical (unpaired) electrons. The number of amides is 1. The van der Waals surface area contributed by atoms with Crippen molar-refractivity contribution in [1.82, 2.24) is 15.1 Å². The topological polar surface area (TPSA) is 60.1 Å². The first-order valence-corrected chi connectivity index (χ1v) is 6.95. The lowest BCUT2D eigenvalue weighted by atomic mass is 10.4. The van der Waals surface area contributed by atoms with Gasteiger partial charge in [-0.2, -0.15) is 5.10 Å². The predicted molar refractivity (Wildman–Crippen MR) is 73.3 cm³/mol. The summed E-state index contributed by atoms with van der Waals surface area (Å²) < 4.78 is 8.46. The summed E-state index contributed by atoms with van der Waals surface area (Å²) in [5.74, 6) is 0.103. The Hall–Kier alpha value is -1.08. The van der Waals surface area contributed by atoms with Gasteiger partial charge in [-0.15, -0.1) is 0 Å². The van der Waals surface area contributed by atoms with Crippen LogP contribution in [0.25, 0.3) is 0 Å². The number of aryl methyl sites for hydroxylation is 1. The van der Waals surface area contributed by atoms with E-state index in [2.05, 4.69) is 42.3 Å². The smallest absolute Gasteiger partial charge is 0.287 e. The number of furan rings is 1. The molecule has 1 amide bonds. The minimum Gasteiger partial charge on any atom is -0.444 e. The molecule has 2 aromatic heterocycles. The van der Waals surface area contributed by atoms with Gasteiger partial charge in [0.15, 0.2) is 10.4 Å². The van der Waals surface area contributed by atoms with E-state index in [1.165, 1.54) is 0 Å². The van der Waals surface area contributed by atoms with E-state index in [0.717, 1.165) is 17.4 Å². The number of nitrogens with zero attached hydrogens (tertiary/aromatic N) is 2. The number of hydrogen-bond acceptors (Lipinski definition) is 3. The molecular weight excluding hydrogens is 366 g/mol. The average molecular weight is 377 g/mol. The number of aromatic nitrogens is 2. The molecule has 0 bridgehead atoms. The third-order valence-electron chi connectivity index (χ3n) is 2.25. The molecule has 5 nitrogen and oxygen atoms in total. The van der Waals surface area contributed by atoms with Gasteiger partial charge in [-0.05, 0) is 50.4 Å². The van der Waals surface area contributed by atoms with E-state index >= 15 is 0 Å². The first-order valence-electron chi connectivity index (χ1n) is 5.36.